The molecule has 2 amide bonds. The molecule has 0 aliphatic carbocycles. The number of carbonyl (C=O) groups excluding carboxylic acids is 2. The number of amides is 2. The van der Waals surface area contributed by atoms with Crippen molar-refractivity contribution in [1.29, 1.82) is 0 Å². The summed E-state index contributed by atoms with van der Waals surface area (Å²) < 4.78 is 0. The Morgan fingerprint density at radius 1 is 0.941 bits per heavy atom. The lowest BCUT2D eigenvalue weighted by atomic mass is 10.3. The number of carbonyl (C=O) groups is 2. The summed E-state index contributed by atoms with van der Waals surface area (Å²) in [7, 11) is 0. The van der Waals surface area contributed by atoms with E-state index < -0.39 is 0 Å². The van der Waals surface area contributed by atoms with Crippen molar-refractivity contribution in [2.75, 3.05) is 16.4 Å². The summed E-state index contributed by atoms with van der Waals surface area (Å²) >= 11 is 3.22. The highest BCUT2D eigenvalue weighted by atomic mass is 32.2. The smallest absolute Gasteiger partial charge is 0.248 e. The Morgan fingerprint density at radius 3 is 2.00 bits per heavy atom. The van der Waals surface area contributed by atoms with Gasteiger partial charge in [-0.2, -0.15) is 0 Å². The average Bonchev–Trinajstić information content (AvgIpc) is 2.64. The maximum atomic E-state index is 12.2. The van der Waals surface area contributed by atoms with Gasteiger partial charge in [0.1, 0.15) is 10.5 Å². The molecule has 1 aromatic carbocycles. The molecule has 0 spiro atoms. The fourth-order valence-corrected chi connectivity index (χ4v) is 4.95. The number of hydrogen-bond donors (Lipinski definition) is 0. The van der Waals surface area contributed by atoms with Gasteiger partial charge < -0.3 is 0 Å². The fourth-order valence-electron chi connectivity index (χ4n) is 2.12. The van der Waals surface area contributed by atoms with Crippen LogP contribution < -0.4 is 4.90 Å². The summed E-state index contributed by atoms with van der Waals surface area (Å²) in [5.74, 6) is 1.80. The topological polar surface area (TPSA) is 37.4 Å². The Morgan fingerprint density at radius 2 is 1.47 bits per heavy atom. The molecule has 0 bridgehead atoms. The van der Waals surface area contributed by atoms with Crippen LogP contribution in [0.25, 0.3) is 0 Å². The van der Waals surface area contributed by atoms with Gasteiger partial charge in [0, 0.05) is 11.5 Å². The van der Waals surface area contributed by atoms with Crippen molar-refractivity contribution >= 4 is 41.0 Å². The van der Waals surface area contributed by atoms with E-state index in [2.05, 4.69) is 0 Å². The van der Waals surface area contributed by atoms with Crippen LogP contribution in [0, 0.1) is 0 Å². The minimum Gasteiger partial charge on any atom is -0.273 e. The van der Waals surface area contributed by atoms with Crippen LogP contribution in [0.3, 0.4) is 0 Å². The number of imide groups is 1. The first kappa shape index (κ1) is 11.2. The number of thioether (sulfide) groups is 2. The van der Waals surface area contributed by atoms with Crippen LogP contribution in [0.4, 0.5) is 5.69 Å². The van der Waals surface area contributed by atoms with Crippen molar-refractivity contribution in [2.24, 2.45) is 0 Å². The minimum atomic E-state index is -0.179. The highest BCUT2D eigenvalue weighted by Gasteiger charge is 2.50. The molecule has 3 rings (SSSR count). The van der Waals surface area contributed by atoms with E-state index in [1.54, 1.807) is 23.5 Å². The number of para-hydroxylation sites is 1. The number of benzene rings is 1. The number of fused-ring (bicyclic) bond motifs is 1. The maximum absolute atomic E-state index is 12.2. The van der Waals surface area contributed by atoms with Gasteiger partial charge in [0.25, 0.3) is 0 Å². The third-order valence-corrected chi connectivity index (χ3v) is 5.87. The third-order valence-electron chi connectivity index (χ3n) is 2.90. The van der Waals surface area contributed by atoms with E-state index in [1.807, 2.05) is 30.3 Å². The van der Waals surface area contributed by atoms with Crippen LogP contribution in [-0.2, 0) is 9.59 Å². The molecule has 2 aliphatic heterocycles. The summed E-state index contributed by atoms with van der Waals surface area (Å²) in [6.07, 6.45) is 0. The summed E-state index contributed by atoms with van der Waals surface area (Å²) in [4.78, 5) is 25.8. The second kappa shape index (κ2) is 4.38. The number of rotatable bonds is 1. The second-order valence-electron chi connectivity index (χ2n) is 3.93. The summed E-state index contributed by atoms with van der Waals surface area (Å²) in [6.45, 7) is 0. The minimum absolute atomic E-state index is 0.0524. The molecule has 1 aromatic rings. The van der Waals surface area contributed by atoms with Gasteiger partial charge in [0.05, 0.1) is 5.69 Å². The molecular formula is C12H11NO2S2. The van der Waals surface area contributed by atoms with Crippen molar-refractivity contribution in [3.63, 3.8) is 0 Å². The largest absolute Gasteiger partial charge is 0.273 e. The van der Waals surface area contributed by atoms with Crippen LogP contribution in [0.15, 0.2) is 30.3 Å². The first-order valence-corrected chi connectivity index (χ1v) is 7.55. The van der Waals surface area contributed by atoms with Gasteiger partial charge in [-0.1, -0.05) is 18.2 Å². The van der Waals surface area contributed by atoms with Crippen LogP contribution in [0.2, 0.25) is 0 Å². The van der Waals surface area contributed by atoms with Crippen molar-refractivity contribution in [1.82, 2.24) is 0 Å². The maximum Gasteiger partial charge on any atom is 0.248 e. The molecule has 0 N–H and O–H groups in total. The molecule has 2 heterocycles. The standard InChI is InChI=1S/C12H11NO2S2/c14-11-9-10(17-7-6-16-9)12(15)13(11)8-4-2-1-3-5-8/h1-5,9-10H,6-7H2. The molecule has 3 nitrogen and oxygen atoms in total. The Bertz CT molecular complexity index is 439. The molecular weight excluding hydrogens is 254 g/mol. The molecule has 0 saturated carbocycles. The normalized spacial score (nSPS) is 28.4. The van der Waals surface area contributed by atoms with Crippen LogP contribution in [0.5, 0.6) is 0 Å². The second-order valence-corrected chi connectivity index (χ2v) is 6.43. The van der Waals surface area contributed by atoms with Gasteiger partial charge in [-0.25, -0.2) is 4.90 Å². The van der Waals surface area contributed by atoms with Crippen LogP contribution >= 0.6 is 23.5 Å². The molecule has 2 aliphatic rings. The summed E-state index contributed by atoms with van der Waals surface area (Å²) in [6, 6.07) is 9.19. The zero-order valence-corrected chi connectivity index (χ0v) is 10.7. The van der Waals surface area contributed by atoms with E-state index >= 15 is 0 Å². The molecule has 2 unspecified atom stereocenters. The van der Waals surface area contributed by atoms with Crippen molar-refractivity contribution in [2.45, 2.75) is 10.5 Å². The molecule has 0 radical (unpaired) electrons. The zero-order chi connectivity index (χ0) is 11.8. The lowest BCUT2D eigenvalue weighted by Crippen LogP contribution is -2.31. The summed E-state index contributed by atoms with van der Waals surface area (Å²) in [5.41, 5.74) is 0.693. The molecule has 2 atom stereocenters. The van der Waals surface area contributed by atoms with E-state index in [-0.39, 0.29) is 22.3 Å². The lowest BCUT2D eigenvalue weighted by Gasteiger charge is -2.19. The zero-order valence-electron chi connectivity index (χ0n) is 9.04. The lowest BCUT2D eigenvalue weighted by molar-refractivity contribution is -0.121. The Hall–Kier alpha value is -0.940. The summed E-state index contributed by atoms with van der Waals surface area (Å²) in [5, 5.41) is -0.358. The number of nitrogens with zero attached hydrogens (tertiary/aromatic N) is 1. The highest BCUT2D eigenvalue weighted by molar-refractivity contribution is 8.08. The molecule has 5 heteroatoms. The molecule has 88 valence electrons. The molecule has 2 saturated heterocycles. The van der Waals surface area contributed by atoms with Crippen LogP contribution in [0.1, 0.15) is 0 Å². The van der Waals surface area contributed by atoms with Crippen molar-refractivity contribution in [3.8, 4) is 0 Å². The Kier molecular flexibility index (Phi) is 2.88. The number of hydrogen-bond acceptors (Lipinski definition) is 4. The van der Waals surface area contributed by atoms with E-state index in [4.69, 9.17) is 0 Å². The number of anilines is 1. The van der Waals surface area contributed by atoms with E-state index in [0.29, 0.717) is 5.69 Å². The highest BCUT2D eigenvalue weighted by Crippen LogP contribution is 2.39. The van der Waals surface area contributed by atoms with Crippen molar-refractivity contribution < 1.29 is 9.59 Å². The average molecular weight is 265 g/mol. The fraction of sp³-hybridized carbons (Fsp3) is 0.333. The molecule has 2 fully saturated rings. The first-order chi connectivity index (χ1) is 8.29. The molecule has 17 heavy (non-hydrogen) atoms. The van der Waals surface area contributed by atoms with Crippen molar-refractivity contribution in [3.05, 3.63) is 30.3 Å². The first-order valence-electron chi connectivity index (χ1n) is 5.45. The molecule has 0 aromatic heterocycles. The Labute approximate surface area is 108 Å². The SMILES string of the molecule is O=C1C2SCCSC2C(=O)N1c1ccccc1. The van der Waals surface area contributed by atoms with Gasteiger partial charge in [0.2, 0.25) is 11.8 Å². The van der Waals surface area contributed by atoms with Crippen LogP contribution in [-0.4, -0.2) is 33.8 Å². The van der Waals surface area contributed by atoms with Gasteiger partial charge in [0.15, 0.2) is 0 Å². The van der Waals surface area contributed by atoms with E-state index in [0.717, 1.165) is 11.5 Å². The van der Waals surface area contributed by atoms with E-state index in [1.165, 1.54) is 4.90 Å². The monoisotopic (exact) mass is 265 g/mol. The Balaban J connectivity index is 1.96. The van der Waals surface area contributed by atoms with E-state index in [9.17, 15) is 9.59 Å². The quantitative estimate of drug-likeness (QED) is 0.725. The van der Waals surface area contributed by atoms with Gasteiger partial charge in [-0.15, -0.1) is 23.5 Å². The van der Waals surface area contributed by atoms with Gasteiger partial charge in [-0.05, 0) is 12.1 Å². The predicted molar refractivity (Wildman–Crippen MR) is 71.4 cm³/mol. The van der Waals surface area contributed by atoms with Gasteiger partial charge >= 0.3 is 0 Å². The third kappa shape index (κ3) is 1.77. The predicted octanol–water partition coefficient (Wildman–Crippen LogP) is 1.78. The van der Waals surface area contributed by atoms with Gasteiger partial charge in [-0.3, -0.25) is 9.59 Å².